The van der Waals surface area contributed by atoms with E-state index in [0.29, 0.717) is 10.7 Å². The van der Waals surface area contributed by atoms with E-state index in [-0.39, 0.29) is 0 Å². The summed E-state index contributed by atoms with van der Waals surface area (Å²) in [5, 5.41) is 9.90. The highest BCUT2D eigenvalue weighted by Crippen LogP contribution is 2.16. The van der Waals surface area contributed by atoms with Crippen LogP contribution in [0.25, 0.3) is 0 Å². The third-order valence-corrected chi connectivity index (χ3v) is 1.93. The van der Waals surface area contributed by atoms with Crippen molar-refractivity contribution in [3.63, 3.8) is 0 Å². The Bertz CT molecular complexity index is 303. The molecule has 0 spiro atoms. The van der Waals surface area contributed by atoms with Gasteiger partial charge in [-0.25, -0.2) is 0 Å². The van der Waals surface area contributed by atoms with Crippen molar-refractivity contribution in [2.75, 3.05) is 0 Å². The standard InChI is InChI=1S/C9H11ClN2O/c1-2-8(13)9(11)7-5-6(10)3-4-12-7/h2-5,8-9,13H,1,11H2. The minimum Gasteiger partial charge on any atom is -0.387 e. The van der Waals surface area contributed by atoms with E-state index < -0.39 is 12.1 Å². The van der Waals surface area contributed by atoms with E-state index in [0.717, 1.165) is 0 Å². The molecule has 0 aromatic carbocycles. The van der Waals surface area contributed by atoms with Crippen molar-refractivity contribution < 1.29 is 5.11 Å². The zero-order valence-corrected chi connectivity index (χ0v) is 7.78. The lowest BCUT2D eigenvalue weighted by Gasteiger charge is -2.14. The Kier molecular flexibility index (Phi) is 3.42. The Morgan fingerprint density at radius 3 is 2.92 bits per heavy atom. The molecule has 2 atom stereocenters. The molecule has 1 rings (SSSR count). The van der Waals surface area contributed by atoms with E-state index in [1.807, 2.05) is 0 Å². The minimum absolute atomic E-state index is 0.553. The van der Waals surface area contributed by atoms with Crippen molar-refractivity contribution in [1.82, 2.24) is 4.98 Å². The first-order valence-electron chi connectivity index (χ1n) is 3.83. The topological polar surface area (TPSA) is 59.1 Å². The Balaban J connectivity index is 2.88. The number of nitrogens with two attached hydrogens (primary N) is 1. The number of halogens is 1. The maximum Gasteiger partial charge on any atom is 0.0926 e. The molecule has 13 heavy (non-hydrogen) atoms. The maximum absolute atomic E-state index is 9.34. The summed E-state index contributed by atoms with van der Waals surface area (Å²) in [6.45, 7) is 3.44. The van der Waals surface area contributed by atoms with E-state index in [1.165, 1.54) is 6.08 Å². The monoisotopic (exact) mass is 198 g/mol. The molecule has 2 unspecified atom stereocenters. The lowest BCUT2D eigenvalue weighted by molar-refractivity contribution is 0.190. The highest BCUT2D eigenvalue weighted by molar-refractivity contribution is 6.30. The van der Waals surface area contributed by atoms with Crippen LogP contribution in [0.4, 0.5) is 0 Å². The molecule has 1 aromatic rings. The second-order valence-electron chi connectivity index (χ2n) is 2.65. The van der Waals surface area contributed by atoms with Crippen LogP contribution < -0.4 is 5.73 Å². The normalized spacial score (nSPS) is 15.0. The van der Waals surface area contributed by atoms with Crippen molar-refractivity contribution in [1.29, 1.82) is 0 Å². The van der Waals surface area contributed by atoms with Crippen LogP contribution in [0.2, 0.25) is 5.02 Å². The van der Waals surface area contributed by atoms with E-state index in [9.17, 15) is 5.11 Å². The molecule has 0 aliphatic rings. The lowest BCUT2D eigenvalue weighted by Crippen LogP contribution is -2.24. The quantitative estimate of drug-likeness (QED) is 0.720. The Hall–Kier alpha value is -0.900. The average Bonchev–Trinajstić information content (AvgIpc) is 2.15. The SMILES string of the molecule is C=CC(O)C(N)c1cc(Cl)ccn1. The third kappa shape index (κ3) is 2.52. The molecular weight excluding hydrogens is 188 g/mol. The second-order valence-corrected chi connectivity index (χ2v) is 3.09. The average molecular weight is 199 g/mol. The van der Waals surface area contributed by atoms with E-state index in [2.05, 4.69) is 11.6 Å². The van der Waals surface area contributed by atoms with Crippen LogP contribution in [0.3, 0.4) is 0 Å². The smallest absolute Gasteiger partial charge is 0.0926 e. The molecule has 70 valence electrons. The first-order valence-corrected chi connectivity index (χ1v) is 4.20. The molecule has 1 heterocycles. The molecule has 0 saturated carbocycles. The van der Waals surface area contributed by atoms with Crippen LogP contribution in [0.5, 0.6) is 0 Å². The van der Waals surface area contributed by atoms with Gasteiger partial charge in [-0.2, -0.15) is 0 Å². The first kappa shape index (κ1) is 10.2. The van der Waals surface area contributed by atoms with Crippen LogP contribution in [-0.2, 0) is 0 Å². The summed E-state index contributed by atoms with van der Waals surface area (Å²) in [4.78, 5) is 3.99. The van der Waals surface area contributed by atoms with Gasteiger partial charge in [-0.1, -0.05) is 17.7 Å². The van der Waals surface area contributed by atoms with Gasteiger partial charge in [0.05, 0.1) is 17.8 Å². The van der Waals surface area contributed by atoms with Gasteiger partial charge in [-0.05, 0) is 12.1 Å². The fraction of sp³-hybridized carbons (Fsp3) is 0.222. The number of hydrogen-bond acceptors (Lipinski definition) is 3. The van der Waals surface area contributed by atoms with Crippen LogP contribution >= 0.6 is 11.6 Å². The predicted molar refractivity (Wildman–Crippen MR) is 52.4 cm³/mol. The fourth-order valence-corrected chi connectivity index (χ4v) is 1.09. The Morgan fingerprint density at radius 2 is 2.38 bits per heavy atom. The lowest BCUT2D eigenvalue weighted by atomic mass is 10.1. The van der Waals surface area contributed by atoms with Gasteiger partial charge in [0.25, 0.3) is 0 Å². The Labute approximate surface area is 81.9 Å². The van der Waals surface area contributed by atoms with Crippen LogP contribution in [0.1, 0.15) is 11.7 Å². The summed E-state index contributed by atoms with van der Waals surface area (Å²) in [6, 6.07) is 2.70. The summed E-state index contributed by atoms with van der Waals surface area (Å²) >= 11 is 5.73. The van der Waals surface area contributed by atoms with E-state index in [1.54, 1.807) is 18.3 Å². The molecule has 0 aliphatic carbocycles. The molecule has 0 fully saturated rings. The number of aliphatic hydroxyl groups excluding tert-OH is 1. The molecular formula is C9H11ClN2O. The zero-order valence-electron chi connectivity index (χ0n) is 7.02. The van der Waals surface area contributed by atoms with Gasteiger partial charge in [-0.15, -0.1) is 6.58 Å². The molecule has 3 nitrogen and oxygen atoms in total. The third-order valence-electron chi connectivity index (χ3n) is 1.69. The van der Waals surface area contributed by atoms with Crippen molar-refractivity contribution in [2.24, 2.45) is 5.73 Å². The molecule has 4 heteroatoms. The molecule has 0 saturated heterocycles. The van der Waals surface area contributed by atoms with Crippen LogP contribution in [0, 0.1) is 0 Å². The van der Waals surface area contributed by atoms with Crippen molar-refractivity contribution in [3.05, 3.63) is 41.7 Å². The number of hydrogen-bond donors (Lipinski definition) is 2. The molecule has 0 aliphatic heterocycles. The predicted octanol–water partition coefficient (Wildman–Crippen LogP) is 1.28. The molecule has 0 amide bonds. The number of aliphatic hydroxyl groups is 1. The van der Waals surface area contributed by atoms with Crippen LogP contribution in [0.15, 0.2) is 31.0 Å². The summed E-state index contributed by atoms with van der Waals surface area (Å²) in [5.41, 5.74) is 6.23. The van der Waals surface area contributed by atoms with Gasteiger partial charge < -0.3 is 10.8 Å². The first-order chi connectivity index (χ1) is 6.15. The molecule has 0 radical (unpaired) electrons. The number of aromatic nitrogens is 1. The number of pyridine rings is 1. The van der Waals surface area contributed by atoms with Crippen molar-refractivity contribution in [3.8, 4) is 0 Å². The second kappa shape index (κ2) is 4.37. The highest BCUT2D eigenvalue weighted by atomic mass is 35.5. The largest absolute Gasteiger partial charge is 0.387 e. The van der Waals surface area contributed by atoms with Gasteiger partial charge in [0.15, 0.2) is 0 Å². The van der Waals surface area contributed by atoms with Gasteiger partial charge in [0.1, 0.15) is 0 Å². The van der Waals surface area contributed by atoms with Crippen molar-refractivity contribution >= 4 is 11.6 Å². The van der Waals surface area contributed by atoms with E-state index in [4.69, 9.17) is 17.3 Å². The van der Waals surface area contributed by atoms with Gasteiger partial charge in [0, 0.05) is 11.2 Å². The summed E-state index contributed by atoms with van der Waals surface area (Å²) in [7, 11) is 0. The zero-order chi connectivity index (χ0) is 9.84. The van der Waals surface area contributed by atoms with Gasteiger partial charge in [-0.3, -0.25) is 4.98 Å². The molecule has 0 bridgehead atoms. The number of rotatable bonds is 3. The fourth-order valence-electron chi connectivity index (χ4n) is 0.925. The van der Waals surface area contributed by atoms with Crippen molar-refractivity contribution in [2.45, 2.75) is 12.1 Å². The minimum atomic E-state index is -0.800. The summed E-state index contributed by atoms with van der Waals surface area (Å²) < 4.78 is 0. The van der Waals surface area contributed by atoms with Crippen LogP contribution in [-0.4, -0.2) is 16.2 Å². The van der Waals surface area contributed by atoms with E-state index >= 15 is 0 Å². The number of nitrogens with zero attached hydrogens (tertiary/aromatic N) is 1. The summed E-state index contributed by atoms with van der Waals surface area (Å²) in [6.07, 6.45) is 2.12. The highest BCUT2D eigenvalue weighted by Gasteiger charge is 2.14. The Morgan fingerprint density at radius 1 is 1.69 bits per heavy atom. The maximum atomic E-state index is 9.34. The molecule has 1 aromatic heterocycles. The van der Waals surface area contributed by atoms with Gasteiger partial charge in [0.2, 0.25) is 0 Å². The molecule has 3 N–H and O–H groups in total. The summed E-state index contributed by atoms with van der Waals surface area (Å²) in [5.74, 6) is 0. The van der Waals surface area contributed by atoms with Gasteiger partial charge >= 0.3 is 0 Å².